The molecule has 2 aromatic rings. The molecule has 0 radical (unpaired) electrons. The Kier molecular flexibility index (Phi) is 7.19. The molecular weight excluding hydrogens is 403 g/mol. The second-order valence-corrected chi connectivity index (χ2v) is 6.45. The summed E-state index contributed by atoms with van der Waals surface area (Å²) in [5.74, 6) is 0.621. The number of amides is 1. The number of hydrogen-bond acceptors (Lipinski definition) is 3. The number of carbonyl (C=O) groups excluding carboxylic acids is 1. The first-order chi connectivity index (χ1) is 11.1. The number of hydrogen-bond donors (Lipinski definition) is 1. The number of benzene rings is 2. The number of nitrogens with zero attached hydrogens (tertiary/aromatic N) is 1. The molecule has 0 fully saturated rings. The van der Waals surface area contributed by atoms with Gasteiger partial charge in [0.25, 0.3) is 5.91 Å². The Labute approximate surface area is 151 Å². The Balaban J connectivity index is 1.60. The van der Waals surface area contributed by atoms with Gasteiger partial charge in [0.2, 0.25) is 0 Å². The molecule has 0 aliphatic rings. The Hall–Kier alpha value is -1.76. The molecule has 0 saturated carbocycles. The van der Waals surface area contributed by atoms with Crippen LogP contribution in [-0.2, 0) is 4.79 Å². The van der Waals surface area contributed by atoms with Crippen LogP contribution in [0.15, 0.2) is 54.6 Å². The summed E-state index contributed by atoms with van der Waals surface area (Å²) in [7, 11) is 2.05. The fraction of sp³-hybridized carbons (Fsp3) is 0.278. The zero-order valence-corrected chi connectivity index (χ0v) is 15.3. The summed E-state index contributed by atoms with van der Waals surface area (Å²) in [4.78, 5) is 13.9. The SMILES string of the molecule is CN(CCCNC(=O)COc1ccc(I)cc1)c1ccccc1. The number of anilines is 1. The first-order valence-corrected chi connectivity index (χ1v) is 8.64. The van der Waals surface area contributed by atoms with Gasteiger partial charge in [-0.15, -0.1) is 0 Å². The van der Waals surface area contributed by atoms with Crippen LogP contribution in [0.3, 0.4) is 0 Å². The lowest BCUT2D eigenvalue weighted by molar-refractivity contribution is -0.123. The van der Waals surface area contributed by atoms with E-state index in [9.17, 15) is 4.79 Å². The van der Waals surface area contributed by atoms with E-state index >= 15 is 0 Å². The van der Waals surface area contributed by atoms with E-state index in [4.69, 9.17) is 4.74 Å². The molecule has 122 valence electrons. The molecule has 2 rings (SSSR count). The Bertz CT molecular complexity index is 602. The second-order valence-electron chi connectivity index (χ2n) is 5.20. The molecule has 23 heavy (non-hydrogen) atoms. The van der Waals surface area contributed by atoms with Crippen LogP contribution in [-0.4, -0.2) is 32.7 Å². The minimum Gasteiger partial charge on any atom is -0.484 e. The molecule has 4 nitrogen and oxygen atoms in total. The zero-order chi connectivity index (χ0) is 16.5. The number of ether oxygens (including phenoxy) is 1. The lowest BCUT2D eigenvalue weighted by Gasteiger charge is -2.19. The molecule has 0 bridgehead atoms. The van der Waals surface area contributed by atoms with Crippen molar-refractivity contribution in [3.05, 3.63) is 58.2 Å². The number of carbonyl (C=O) groups is 1. The van der Waals surface area contributed by atoms with Crippen LogP contribution in [0.1, 0.15) is 6.42 Å². The molecule has 1 amide bonds. The normalized spacial score (nSPS) is 10.2. The monoisotopic (exact) mass is 424 g/mol. The highest BCUT2D eigenvalue weighted by Crippen LogP contribution is 2.13. The molecule has 0 aliphatic heterocycles. The molecule has 0 spiro atoms. The quantitative estimate of drug-likeness (QED) is 0.523. The maximum absolute atomic E-state index is 11.7. The van der Waals surface area contributed by atoms with Crippen LogP contribution >= 0.6 is 22.6 Å². The molecule has 0 atom stereocenters. The van der Waals surface area contributed by atoms with Crippen LogP contribution in [0.25, 0.3) is 0 Å². The minimum absolute atomic E-state index is 0.0507. The topological polar surface area (TPSA) is 41.6 Å². The van der Waals surface area contributed by atoms with E-state index in [-0.39, 0.29) is 12.5 Å². The molecular formula is C18H21IN2O2. The summed E-state index contributed by atoms with van der Waals surface area (Å²) >= 11 is 2.23. The highest BCUT2D eigenvalue weighted by molar-refractivity contribution is 14.1. The van der Waals surface area contributed by atoms with E-state index < -0.39 is 0 Å². The molecule has 0 aliphatic carbocycles. The highest BCUT2D eigenvalue weighted by atomic mass is 127. The van der Waals surface area contributed by atoms with Gasteiger partial charge in [0.15, 0.2) is 6.61 Å². The fourth-order valence-corrected chi connectivity index (χ4v) is 2.45. The standard InChI is InChI=1S/C18H21IN2O2/c1-21(16-6-3-2-4-7-16)13-5-12-20-18(22)14-23-17-10-8-15(19)9-11-17/h2-4,6-11H,5,12-14H2,1H3,(H,20,22). The summed E-state index contributed by atoms with van der Waals surface area (Å²) in [6.07, 6.45) is 0.890. The van der Waals surface area contributed by atoms with Crippen LogP contribution in [0.2, 0.25) is 0 Å². The van der Waals surface area contributed by atoms with Gasteiger partial charge < -0.3 is 15.0 Å². The summed E-state index contributed by atoms with van der Waals surface area (Å²) in [5.41, 5.74) is 1.18. The van der Waals surface area contributed by atoms with Gasteiger partial charge in [0.1, 0.15) is 5.75 Å². The summed E-state index contributed by atoms with van der Waals surface area (Å²) < 4.78 is 6.59. The molecule has 1 N–H and O–H groups in total. The lowest BCUT2D eigenvalue weighted by Crippen LogP contribution is -2.31. The van der Waals surface area contributed by atoms with E-state index in [0.29, 0.717) is 12.3 Å². The maximum atomic E-state index is 11.7. The van der Waals surface area contributed by atoms with Crippen molar-refractivity contribution >= 4 is 34.2 Å². The van der Waals surface area contributed by atoms with Crippen LogP contribution in [0.4, 0.5) is 5.69 Å². The van der Waals surface area contributed by atoms with E-state index in [1.165, 1.54) is 5.69 Å². The van der Waals surface area contributed by atoms with Crippen molar-refractivity contribution in [2.24, 2.45) is 0 Å². The van der Waals surface area contributed by atoms with E-state index in [1.54, 1.807) is 0 Å². The molecule has 2 aromatic carbocycles. The van der Waals surface area contributed by atoms with Crippen molar-refractivity contribution < 1.29 is 9.53 Å². The second kappa shape index (κ2) is 9.39. The number of para-hydroxylation sites is 1. The van der Waals surface area contributed by atoms with Gasteiger partial charge in [-0.2, -0.15) is 0 Å². The molecule has 0 aromatic heterocycles. The predicted molar refractivity (Wildman–Crippen MR) is 102 cm³/mol. The average molecular weight is 424 g/mol. The molecule has 0 unspecified atom stereocenters. The largest absolute Gasteiger partial charge is 0.484 e. The van der Waals surface area contributed by atoms with Crippen molar-refractivity contribution in [3.63, 3.8) is 0 Å². The summed E-state index contributed by atoms with van der Waals surface area (Å²) in [6, 6.07) is 17.8. The van der Waals surface area contributed by atoms with Crippen LogP contribution in [0.5, 0.6) is 5.75 Å². The Morgan fingerprint density at radius 1 is 1.13 bits per heavy atom. The number of nitrogens with one attached hydrogen (secondary N) is 1. The number of halogens is 1. The van der Waals surface area contributed by atoms with E-state index in [0.717, 1.165) is 16.5 Å². The fourth-order valence-electron chi connectivity index (χ4n) is 2.09. The predicted octanol–water partition coefficient (Wildman–Crippen LogP) is 3.31. The van der Waals surface area contributed by atoms with Crippen molar-refractivity contribution in [2.75, 3.05) is 31.6 Å². The van der Waals surface area contributed by atoms with Gasteiger partial charge in [0.05, 0.1) is 0 Å². The maximum Gasteiger partial charge on any atom is 0.257 e. The minimum atomic E-state index is -0.0917. The molecule has 5 heteroatoms. The third kappa shape index (κ3) is 6.48. The van der Waals surface area contributed by atoms with Gasteiger partial charge in [-0.25, -0.2) is 0 Å². The van der Waals surface area contributed by atoms with Crippen molar-refractivity contribution in [3.8, 4) is 5.75 Å². The van der Waals surface area contributed by atoms with E-state index in [1.807, 2.05) is 42.5 Å². The smallest absolute Gasteiger partial charge is 0.257 e. The Morgan fingerprint density at radius 2 is 1.83 bits per heavy atom. The van der Waals surface area contributed by atoms with Crippen molar-refractivity contribution in [2.45, 2.75) is 6.42 Å². The van der Waals surface area contributed by atoms with Crippen LogP contribution in [0, 0.1) is 3.57 Å². The first kappa shape index (κ1) is 17.6. The lowest BCUT2D eigenvalue weighted by atomic mass is 10.3. The van der Waals surface area contributed by atoms with Gasteiger partial charge in [-0.05, 0) is 65.4 Å². The van der Waals surface area contributed by atoms with Gasteiger partial charge in [-0.3, -0.25) is 4.79 Å². The Morgan fingerprint density at radius 3 is 2.52 bits per heavy atom. The van der Waals surface area contributed by atoms with Crippen molar-refractivity contribution in [1.82, 2.24) is 5.32 Å². The first-order valence-electron chi connectivity index (χ1n) is 7.56. The van der Waals surface area contributed by atoms with Crippen LogP contribution < -0.4 is 15.0 Å². The molecule has 0 heterocycles. The van der Waals surface area contributed by atoms with Gasteiger partial charge in [-0.1, -0.05) is 18.2 Å². The van der Waals surface area contributed by atoms with Crippen molar-refractivity contribution in [1.29, 1.82) is 0 Å². The third-order valence-electron chi connectivity index (χ3n) is 3.37. The number of rotatable bonds is 8. The van der Waals surface area contributed by atoms with E-state index in [2.05, 4.69) is 52.0 Å². The van der Waals surface area contributed by atoms with Gasteiger partial charge in [0, 0.05) is 29.4 Å². The average Bonchev–Trinajstić information content (AvgIpc) is 2.59. The summed E-state index contributed by atoms with van der Waals surface area (Å²) in [6.45, 7) is 1.59. The third-order valence-corrected chi connectivity index (χ3v) is 4.09. The molecule has 0 saturated heterocycles. The highest BCUT2D eigenvalue weighted by Gasteiger charge is 2.03. The zero-order valence-electron chi connectivity index (χ0n) is 13.2. The summed E-state index contributed by atoms with van der Waals surface area (Å²) in [5, 5.41) is 2.88. The van der Waals surface area contributed by atoms with Gasteiger partial charge >= 0.3 is 0 Å².